The SMILES string of the molecule is CC(C)C(=O)N1CCCCC1C1CCN(C)CC1. The Labute approximate surface area is 112 Å². The lowest BCUT2D eigenvalue weighted by atomic mass is 9.83. The lowest BCUT2D eigenvalue weighted by Gasteiger charge is -2.43. The highest BCUT2D eigenvalue weighted by Crippen LogP contribution is 2.31. The third kappa shape index (κ3) is 3.05. The van der Waals surface area contributed by atoms with E-state index in [0.717, 1.165) is 12.5 Å². The molecule has 0 aliphatic carbocycles. The lowest BCUT2D eigenvalue weighted by Crippen LogP contribution is -2.51. The number of hydrogen-bond donors (Lipinski definition) is 0. The maximum absolute atomic E-state index is 12.3. The summed E-state index contributed by atoms with van der Waals surface area (Å²) in [6.07, 6.45) is 6.26. The second kappa shape index (κ2) is 6.05. The van der Waals surface area contributed by atoms with Crippen LogP contribution < -0.4 is 0 Å². The number of nitrogens with zero attached hydrogens (tertiary/aromatic N) is 2. The molecule has 0 spiro atoms. The Morgan fingerprint density at radius 1 is 1.06 bits per heavy atom. The Hall–Kier alpha value is -0.570. The molecular formula is C15H28N2O. The maximum Gasteiger partial charge on any atom is 0.225 e. The van der Waals surface area contributed by atoms with E-state index in [4.69, 9.17) is 0 Å². The zero-order valence-corrected chi connectivity index (χ0v) is 12.2. The van der Waals surface area contributed by atoms with Crippen LogP contribution in [-0.2, 0) is 4.79 Å². The summed E-state index contributed by atoms with van der Waals surface area (Å²) < 4.78 is 0. The lowest BCUT2D eigenvalue weighted by molar-refractivity contribution is -0.140. The molecule has 18 heavy (non-hydrogen) atoms. The van der Waals surface area contributed by atoms with E-state index in [-0.39, 0.29) is 5.92 Å². The molecule has 1 amide bonds. The first-order valence-corrected chi connectivity index (χ1v) is 7.58. The molecule has 0 aromatic heterocycles. The highest BCUT2D eigenvalue weighted by molar-refractivity contribution is 5.78. The van der Waals surface area contributed by atoms with Gasteiger partial charge in [-0.25, -0.2) is 0 Å². The second-order valence-electron chi connectivity index (χ2n) is 6.39. The first-order valence-electron chi connectivity index (χ1n) is 7.58. The number of rotatable bonds is 2. The first-order chi connectivity index (χ1) is 8.59. The van der Waals surface area contributed by atoms with Gasteiger partial charge in [0.2, 0.25) is 5.91 Å². The molecule has 1 atom stereocenters. The van der Waals surface area contributed by atoms with Crippen LogP contribution in [0, 0.1) is 11.8 Å². The minimum absolute atomic E-state index is 0.150. The van der Waals surface area contributed by atoms with E-state index in [1.165, 1.54) is 45.2 Å². The van der Waals surface area contributed by atoms with Crippen LogP contribution in [0.5, 0.6) is 0 Å². The molecule has 0 bridgehead atoms. The number of hydrogen-bond acceptors (Lipinski definition) is 2. The minimum Gasteiger partial charge on any atom is -0.339 e. The van der Waals surface area contributed by atoms with Gasteiger partial charge in [0.25, 0.3) is 0 Å². The summed E-state index contributed by atoms with van der Waals surface area (Å²) in [4.78, 5) is 17.0. The number of likely N-dealkylation sites (tertiary alicyclic amines) is 2. The molecule has 0 radical (unpaired) electrons. The van der Waals surface area contributed by atoms with Crippen LogP contribution in [0.15, 0.2) is 0 Å². The molecule has 104 valence electrons. The molecule has 2 rings (SSSR count). The van der Waals surface area contributed by atoms with Crippen molar-refractivity contribution in [1.29, 1.82) is 0 Å². The average Bonchev–Trinajstić information content (AvgIpc) is 2.39. The monoisotopic (exact) mass is 252 g/mol. The fraction of sp³-hybridized carbons (Fsp3) is 0.933. The highest BCUT2D eigenvalue weighted by Gasteiger charge is 2.34. The van der Waals surface area contributed by atoms with Crippen molar-refractivity contribution in [2.24, 2.45) is 11.8 Å². The third-order valence-corrected chi connectivity index (χ3v) is 4.63. The Morgan fingerprint density at radius 3 is 2.33 bits per heavy atom. The van der Waals surface area contributed by atoms with Crippen LogP contribution in [-0.4, -0.2) is 48.4 Å². The van der Waals surface area contributed by atoms with Crippen LogP contribution in [0.25, 0.3) is 0 Å². The van der Waals surface area contributed by atoms with Crippen molar-refractivity contribution in [3.05, 3.63) is 0 Å². The van der Waals surface area contributed by atoms with E-state index >= 15 is 0 Å². The van der Waals surface area contributed by atoms with Crippen molar-refractivity contribution < 1.29 is 4.79 Å². The maximum atomic E-state index is 12.3. The van der Waals surface area contributed by atoms with Gasteiger partial charge in [-0.15, -0.1) is 0 Å². The first kappa shape index (κ1) is 13.9. The van der Waals surface area contributed by atoms with Gasteiger partial charge >= 0.3 is 0 Å². The van der Waals surface area contributed by atoms with Gasteiger partial charge in [-0.1, -0.05) is 13.8 Å². The highest BCUT2D eigenvalue weighted by atomic mass is 16.2. The van der Waals surface area contributed by atoms with Gasteiger partial charge in [0, 0.05) is 18.5 Å². The normalized spacial score (nSPS) is 27.8. The molecular weight excluding hydrogens is 224 g/mol. The molecule has 3 heteroatoms. The molecule has 1 unspecified atom stereocenters. The van der Waals surface area contributed by atoms with Crippen molar-refractivity contribution in [3.63, 3.8) is 0 Å². The fourth-order valence-electron chi connectivity index (χ4n) is 3.47. The molecule has 2 saturated heterocycles. The summed E-state index contributed by atoms with van der Waals surface area (Å²) in [7, 11) is 2.20. The van der Waals surface area contributed by atoms with E-state index in [0.29, 0.717) is 11.9 Å². The van der Waals surface area contributed by atoms with Gasteiger partial charge < -0.3 is 9.80 Å². The Kier molecular flexibility index (Phi) is 4.66. The van der Waals surface area contributed by atoms with Crippen molar-refractivity contribution >= 4 is 5.91 Å². The van der Waals surface area contributed by atoms with E-state index in [1.54, 1.807) is 0 Å². The van der Waals surface area contributed by atoms with Crippen molar-refractivity contribution in [1.82, 2.24) is 9.80 Å². The predicted octanol–water partition coefficient (Wildman–Crippen LogP) is 2.37. The summed E-state index contributed by atoms with van der Waals surface area (Å²) in [6.45, 7) is 7.45. The average molecular weight is 252 g/mol. The number of piperidine rings is 2. The molecule has 0 saturated carbocycles. The zero-order chi connectivity index (χ0) is 13.1. The summed E-state index contributed by atoms with van der Waals surface area (Å²) >= 11 is 0. The van der Waals surface area contributed by atoms with Crippen molar-refractivity contribution in [2.75, 3.05) is 26.7 Å². The molecule has 2 fully saturated rings. The number of carbonyl (C=O) groups excluding carboxylic acids is 1. The van der Waals surface area contributed by atoms with Gasteiger partial charge in [0.15, 0.2) is 0 Å². The second-order valence-corrected chi connectivity index (χ2v) is 6.39. The quantitative estimate of drug-likeness (QED) is 0.753. The largest absolute Gasteiger partial charge is 0.339 e. The topological polar surface area (TPSA) is 23.6 Å². The molecule has 3 nitrogen and oxygen atoms in total. The third-order valence-electron chi connectivity index (χ3n) is 4.63. The summed E-state index contributed by atoms with van der Waals surface area (Å²) in [5.41, 5.74) is 0. The van der Waals surface area contributed by atoms with E-state index in [9.17, 15) is 4.79 Å². The summed E-state index contributed by atoms with van der Waals surface area (Å²) in [5.74, 6) is 1.26. The van der Waals surface area contributed by atoms with E-state index in [1.807, 2.05) is 13.8 Å². The fourth-order valence-corrected chi connectivity index (χ4v) is 3.47. The van der Waals surface area contributed by atoms with Crippen molar-refractivity contribution in [3.8, 4) is 0 Å². The zero-order valence-electron chi connectivity index (χ0n) is 12.2. The van der Waals surface area contributed by atoms with E-state index in [2.05, 4.69) is 16.8 Å². The van der Waals surface area contributed by atoms with Gasteiger partial charge in [0.05, 0.1) is 0 Å². The number of amides is 1. The number of carbonyl (C=O) groups is 1. The standard InChI is InChI=1S/C15H28N2O/c1-12(2)15(18)17-9-5-4-6-14(17)13-7-10-16(3)11-8-13/h12-14H,4-11H2,1-3H3. The van der Waals surface area contributed by atoms with Crippen LogP contribution >= 0.6 is 0 Å². The molecule has 2 aliphatic heterocycles. The molecule has 2 heterocycles. The molecule has 0 aromatic carbocycles. The Balaban J connectivity index is 2.01. The molecule has 2 aliphatic rings. The minimum atomic E-state index is 0.150. The summed E-state index contributed by atoms with van der Waals surface area (Å²) in [6, 6.07) is 0.530. The molecule has 0 aromatic rings. The predicted molar refractivity (Wildman–Crippen MR) is 74.4 cm³/mol. The van der Waals surface area contributed by atoms with Crippen LogP contribution in [0.1, 0.15) is 46.0 Å². The van der Waals surface area contributed by atoms with Crippen molar-refractivity contribution in [2.45, 2.75) is 52.0 Å². The van der Waals surface area contributed by atoms with E-state index < -0.39 is 0 Å². The van der Waals surface area contributed by atoms with Gasteiger partial charge in [0.1, 0.15) is 0 Å². The van der Waals surface area contributed by atoms with Gasteiger partial charge in [-0.05, 0) is 58.2 Å². The van der Waals surface area contributed by atoms with Gasteiger partial charge in [-0.3, -0.25) is 4.79 Å². The van der Waals surface area contributed by atoms with Crippen LogP contribution in [0.3, 0.4) is 0 Å². The van der Waals surface area contributed by atoms with Gasteiger partial charge in [-0.2, -0.15) is 0 Å². The Morgan fingerprint density at radius 2 is 1.72 bits per heavy atom. The van der Waals surface area contributed by atoms with Crippen LogP contribution in [0.4, 0.5) is 0 Å². The molecule has 0 N–H and O–H groups in total. The Bertz CT molecular complexity index is 282. The smallest absolute Gasteiger partial charge is 0.225 e. The van der Waals surface area contributed by atoms with Crippen LogP contribution in [0.2, 0.25) is 0 Å². The summed E-state index contributed by atoms with van der Waals surface area (Å²) in [5, 5.41) is 0.